The van der Waals surface area contributed by atoms with E-state index in [-0.39, 0.29) is 5.75 Å². The Morgan fingerprint density at radius 3 is 2.89 bits per heavy atom. The van der Waals surface area contributed by atoms with Crippen molar-refractivity contribution in [1.82, 2.24) is 0 Å². The molecule has 0 bridgehead atoms. The van der Waals surface area contributed by atoms with Crippen LogP contribution in [0.2, 0.25) is 0 Å². The number of methoxy groups -OCH3 is 1. The van der Waals surface area contributed by atoms with Gasteiger partial charge in [-0.1, -0.05) is 24.6 Å². The highest BCUT2D eigenvalue weighted by Gasteiger charge is 2.24. The first kappa shape index (κ1) is 13.1. The summed E-state index contributed by atoms with van der Waals surface area (Å²) in [5, 5.41) is 13.5. The Labute approximate surface area is 111 Å². The number of benzene rings is 1. The number of ether oxygens (including phenoxy) is 1. The van der Waals surface area contributed by atoms with Crippen molar-refractivity contribution in [1.29, 1.82) is 0 Å². The average molecular weight is 261 g/mol. The monoisotopic (exact) mass is 261 g/mol. The predicted octanol–water partition coefficient (Wildman–Crippen LogP) is 2.50. The molecule has 0 unspecified atom stereocenters. The van der Waals surface area contributed by atoms with E-state index in [0.717, 1.165) is 6.42 Å². The van der Waals surface area contributed by atoms with Gasteiger partial charge in [-0.2, -0.15) is 0 Å². The van der Waals surface area contributed by atoms with Crippen LogP contribution in [0.25, 0.3) is 6.08 Å². The van der Waals surface area contributed by atoms with Crippen LogP contribution >= 0.6 is 0 Å². The van der Waals surface area contributed by atoms with Gasteiger partial charge in [0.15, 0.2) is 11.5 Å². The zero-order chi connectivity index (χ0) is 13.8. The third-order valence-electron chi connectivity index (χ3n) is 2.77. The van der Waals surface area contributed by atoms with Gasteiger partial charge in [0, 0.05) is 0 Å². The van der Waals surface area contributed by atoms with E-state index in [2.05, 4.69) is 9.99 Å². The molecule has 0 saturated carbocycles. The standard InChI is InChI=1S/C14H15NO4/c1-3-4-11-10(14(17)19-15-11)7-9-5-6-13(18-2)12(16)8-9/h5-8,16H,3-4H2,1-2H3. The highest BCUT2D eigenvalue weighted by molar-refractivity contribution is 6.25. The number of nitrogens with zero attached hydrogens (tertiary/aromatic N) is 1. The van der Waals surface area contributed by atoms with E-state index in [1.54, 1.807) is 18.2 Å². The van der Waals surface area contributed by atoms with Gasteiger partial charge in [-0.25, -0.2) is 4.79 Å². The van der Waals surface area contributed by atoms with E-state index in [0.29, 0.717) is 29.0 Å². The molecule has 2 rings (SSSR count). The summed E-state index contributed by atoms with van der Waals surface area (Å²) in [5.74, 6) is -0.0467. The van der Waals surface area contributed by atoms with Crippen LogP contribution in [-0.2, 0) is 9.63 Å². The molecule has 0 radical (unpaired) electrons. The molecular weight excluding hydrogens is 246 g/mol. The zero-order valence-corrected chi connectivity index (χ0v) is 10.8. The maximum atomic E-state index is 11.6. The lowest BCUT2D eigenvalue weighted by molar-refractivity contribution is -0.136. The van der Waals surface area contributed by atoms with Gasteiger partial charge in [-0.15, -0.1) is 0 Å². The molecule has 0 fully saturated rings. The Morgan fingerprint density at radius 1 is 1.47 bits per heavy atom. The van der Waals surface area contributed by atoms with Crippen LogP contribution in [0.1, 0.15) is 25.3 Å². The summed E-state index contributed by atoms with van der Waals surface area (Å²) in [6.45, 7) is 2.00. The van der Waals surface area contributed by atoms with Gasteiger partial charge in [0.1, 0.15) is 0 Å². The van der Waals surface area contributed by atoms with Gasteiger partial charge in [0.25, 0.3) is 0 Å². The predicted molar refractivity (Wildman–Crippen MR) is 71.1 cm³/mol. The molecule has 100 valence electrons. The van der Waals surface area contributed by atoms with Crippen molar-refractivity contribution in [3.8, 4) is 11.5 Å². The molecule has 0 atom stereocenters. The number of rotatable bonds is 4. The Bertz CT molecular complexity index is 561. The van der Waals surface area contributed by atoms with E-state index >= 15 is 0 Å². The number of carbonyl (C=O) groups is 1. The van der Waals surface area contributed by atoms with Crippen LogP contribution in [0.5, 0.6) is 11.5 Å². The normalized spacial score (nSPS) is 16.4. The number of phenolic OH excluding ortho intramolecular Hbond substituents is 1. The summed E-state index contributed by atoms with van der Waals surface area (Å²) < 4.78 is 4.96. The molecule has 5 nitrogen and oxygen atoms in total. The maximum absolute atomic E-state index is 11.6. The Morgan fingerprint density at radius 2 is 2.26 bits per heavy atom. The highest BCUT2D eigenvalue weighted by atomic mass is 16.7. The number of phenols is 1. The Kier molecular flexibility index (Phi) is 3.85. The molecule has 1 aliphatic rings. The summed E-state index contributed by atoms with van der Waals surface area (Å²) >= 11 is 0. The first-order valence-electron chi connectivity index (χ1n) is 6.03. The van der Waals surface area contributed by atoms with Crippen LogP contribution in [0.3, 0.4) is 0 Å². The third kappa shape index (κ3) is 2.76. The van der Waals surface area contributed by atoms with Crippen molar-refractivity contribution >= 4 is 17.8 Å². The van der Waals surface area contributed by atoms with Gasteiger partial charge < -0.3 is 14.7 Å². The van der Waals surface area contributed by atoms with E-state index < -0.39 is 5.97 Å². The second kappa shape index (κ2) is 5.56. The molecular formula is C14H15NO4. The third-order valence-corrected chi connectivity index (χ3v) is 2.77. The lowest BCUT2D eigenvalue weighted by Crippen LogP contribution is -2.04. The van der Waals surface area contributed by atoms with E-state index in [1.807, 2.05) is 6.92 Å². The van der Waals surface area contributed by atoms with Crippen LogP contribution in [-0.4, -0.2) is 23.9 Å². The summed E-state index contributed by atoms with van der Waals surface area (Å²) in [6, 6.07) is 4.92. The highest BCUT2D eigenvalue weighted by Crippen LogP contribution is 2.28. The average Bonchev–Trinajstić information content (AvgIpc) is 2.72. The Balaban J connectivity index is 2.32. The topological polar surface area (TPSA) is 68.1 Å². The molecule has 0 amide bonds. The van der Waals surface area contributed by atoms with Crippen LogP contribution in [0.15, 0.2) is 28.9 Å². The number of hydrogen-bond acceptors (Lipinski definition) is 5. The van der Waals surface area contributed by atoms with Crippen molar-refractivity contribution in [3.05, 3.63) is 29.3 Å². The summed E-state index contributed by atoms with van der Waals surface area (Å²) in [4.78, 5) is 16.3. The van der Waals surface area contributed by atoms with Gasteiger partial charge in [-0.3, -0.25) is 0 Å². The summed E-state index contributed by atoms with van der Waals surface area (Å²) in [6.07, 6.45) is 3.21. The molecule has 1 aromatic carbocycles. The number of carbonyl (C=O) groups excluding carboxylic acids is 1. The molecule has 0 spiro atoms. The van der Waals surface area contributed by atoms with Gasteiger partial charge in [0.2, 0.25) is 0 Å². The fraction of sp³-hybridized carbons (Fsp3) is 0.286. The van der Waals surface area contributed by atoms with Crippen molar-refractivity contribution in [2.75, 3.05) is 7.11 Å². The van der Waals surface area contributed by atoms with Crippen molar-refractivity contribution in [3.63, 3.8) is 0 Å². The number of hydrogen-bond donors (Lipinski definition) is 1. The molecule has 19 heavy (non-hydrogen) atoms. The first-order chi connectivity index (χ1) is 9.15. The van der Waals surface area contributed by atoms with Gasteiger partial charge >= 0.3 is 5.97 Å². The van der Waals surface area contributed by atoms with E-state index in [9.17, 15) is 9.90 Å². The van der Waals surface area contributed by atoms with Gasteiger partial charge in [-0.05, 0) is 30.2 Å². The largest absolute Gasteiger partial charge is 0.504 e. The molecule has 0 aromatic heterocycles. The quantitative estimate of drug-likeness (QED) is 0.668. The minimum absolute atomic E-state index is 0.0252. The molecule has 1 heterocycles. The van der Waals surface area contributed by atoms with Crippen LogP contribution in [0.4, 0.5) is 0 Å². The first-order valence-corrected chi connectivity index (χ1v) is 6.03. The molecule has 0 aliphatic carbocycles. The van der Waals surface area contributed by atoms with Crippen molar-refractivity contribution in [2.24, 2.45) is 5.16 Å². The molecule has 1 N–H and O–H groups in total. The molecule has 0 saturated heterocycles. The van der Waals surface area contributed by atoms with Gasteiger partial charge in [0.05, 0.1) is 18.4 Å². The number of oxime groups is 1. The fourth-order valence-electron chi connectivity index (χ4n) is 1.84. The minimum atomic E-state index is -0.459. The smallest absolute Gasteiger partial charge is 0.367 e. The lowest BCUT2D eigenvalue weighted by Gasteiger charge is -2.04. The number of aromatic hydroxyl groups is 1. The Hall–Kier alpha value is -2.30. The second-order valence-corrected chi connectivity index (χ2v) is 4.16. The summed E-state index contributed by atoms with van der Waals surface area (Å²) in [7, 11) is 1.48. The van der Waals surface area contributed by atoms with Crippen LogP contribution < -0.4 is 4.74 Å². The summed E-state index contributed by atoms with van der Waals surface area (Å²) in [5.41, 5.74) is 1.77. The van der Waals surface area contributed by atoms with Crippen LogP contribution in [0, 0.1) is 0 Å². The minimum Gasteiger partial charge on any atom is -0.504 e. The SMILES string of the molecule is CCCC1=NOC(=O)C1=Cc1ccc(OC)c(O)c1. The van der Waals surface area contributed by atoms with Crippen molar-refractivity contribution < 1.29 is 19.5 Å². The fourth-order valence-corrected chi connectivity index (χ4v) is 1.84. The molecule has 5 heteroatoms. The maximum Gasteiger partial charge on any atom is 0.367 e. The molecule has 1 aromatic rings. The zero-order valence-electron chi connectivity index (χ0n) is 10.8. The van der Waals surface area contributed by atoms with E-state index in [1.165, 1.54) is 13.2 Å². The second-order valence-electron chi connectivity index (χ2n) is 4.16. The van der Waals surface area contributed by atoms with Crippen molar-refractivity contribution in [2.45, 2.75) is 19.8 Å². The van der Waals surface area contributed by atoms with E-state index in [4.69, 9.17) is 4.74 Å². The molecule has 1 aliphatic heterocycles. The lowest BCUT2D eigenvalue weighted by atomic mass is 10.0.